The van der Waals surface area contributed by atoms with Crippen molar-refractivity contribution >= 4 is 28.6 Å². The summed E-state index contributed by atoms with van der Waals surface area (Å²) in [6.45, 7) is 4.31. The third kappa shape index (κ3) is 4.85. The van der Waals surface area contributed by atoms with Crippen molar-refractivity contribution in [2.75, 3.05) is 6.61 Å². The van der Waals surface area contributed by atoms with Gasteiger partial charge in [-0.1, -0.05) is 43.0 Å². The van der Waals surface area contributed by atoms with Gasteiger partial charge in [-0.15, -0.1) is 0 Å². The van der Waals surface area contributed by atoms with E-state index in [1.54, 1.807) is 12.1 Å². The molecule has 0 spiro atoms. The molecule has 0 radical (unpaired) electrons. The number of nitrogens with zero attached hydrogens (tertiary/aromatic N) is 2. The number of hydrogen-bond acceptors (Lipinski definition) is 3. The standard InChI is InChI=1S/C30H31ClN2O3/c1-19-16-23(30(34)35)17-20(2)28(19)36-18-27(21-8-4-3-5-9-21)33-26-11-7-6-10-25(26)32-29(33)22-12-14-24(31)15-13-22/h6-7,10-17,21,27H,3-5,8-9,18H2,1-2H3,(H,34,35). The first-order valence-corrected chi connectivity index (χ1v) is 13.0. The molecule has 4 aromatic rings. The Morgan fingerprint density at radius 1 is 1.06 bits per heavy atom. The molecule has 0 amide bonds. The highest BCUT2D eigenvalue weighted by molar-refractivity contribution is 6.30. The van der Waals surface area contributed by atoms with Crippen LogP contribution in [0.1, 0.15) is 59.6 Å². The minimum atomic E-state index is -0.926. The quantitative estimate of drug-likeness (QED) is 0.279. The Bertz CT molecular complexity index is 1360. The molecule has 1 unspecified atom stereocenters. The number of carbonyl (C=O) groups is 1. The number of halogens is 1. The van der Waals surface area contributed by atoms with Gasteiger partial charge in [-0.2, -0.15) is 0 Å². The fourth-order valence-corrected chi connectivity index (χ4v) is 5.72. The average molecular weight is 503 g/mol. The molecular weight excluding hydrogens is 472 g/mol. The van der Waals surface area contributed by atoms with Crippen LogP contribution in [0.2, 0.25) is 5.02 Å². The Hall–Kier alpha value is -3.31. The lowest BCUT2D eigenvalue weighted by Crippen LogP contribution is -2.28. The van der Waals surface area contributed by atoms with Gasteiger partial charge in [0.1, 0.15) is 18.2 Å². The first-order chi connectivity index (χ1) is 17.4. The Balaban J connectivity index is 1.59. The molecule has 5 nitrogen and oxygen atoms in total. The van der Waals surface area contributed by atoms with E-state index in [-0.39, 0.29) is 11.6 Å². The fourth-order valence-electron chi connectivity index (χ4n) is 5.59. The molecule has 1 aromatic heterocycles. The second kappa shape index (κ2) is 10.4. The molecule has 3 aromatic carbocycles. The summed E-state index contributed by atoms with van der Waals surface area (Å²) in [6.07, 6.45) is 6.01. The normalized spacial score (nSPS) is 15.2. The van der Waals surface area contributed by atoms with Crippen LogP contribution in [0.15, 0.2) is 60.7 Å². The number of ether oxygens (including phenoxy) is 1. The zero-order chi connectivity index (χ0) is 25.2. The van der Waals surface area contributed by atoms with Gasteiger partial charge in [-0.3, -0.25) is 0 Å². The van der Waals surface area contributed by atoms with E-state index in [0.717, 1.165) is 52.1 Å². The van der Waals surface area contributed by atoms with E-state index in [9.17, 15) is 9.90 Å². The van der Waals surface area contributed by atoms with Crippen molar-refractivity contribution in [3.05, 3.63) is 82.4 Å². The predicted octanol–water partition coefficient (Wildman–Crippen LogP) is 7.87. The summed E-state index contributed by atoms with van der Waals surface area (Å²) in [5, 5.41) is 10.1. The molecule has 6 heteroatoms. The van der Waals surface area contributed by atoms with E-state index >= 15 is 0 Å². The molecule has 1 heterocycles. The molecule has 36 heavy (non-hydrogen) atoms. The molecule has 0 saturated heterocycles. The van der Waals surface area contributed by atoms with Gasteiger partial charge in [0, 0.05) is 10.6 Å². The number of carboxylic acids is 1. The molecule has 1 aliphatic carbocycles. The van der Waals surface area contributed by atoms with Crippen LogP contribution in [-0.2, 0) is 0 Å². The maximum atomic E-state index is 11.5. The lowest BCUT2D eigenvalue weighted by molar-refractivity contribution is 0.0696. The third-order valence-electron chi connectivity index (χ3n) is 7.33. The smallest absolute Gasteiger partial charge is 0.335 e. The summed E-state index contributed by atoms with van der Waals surface area (Å²) in [6, 6.07) is 19.6. The van der Waals surface area contributed by atoms with Crippen LogP contribution in [0.25, 0.3) is 22.4 Å². The molecule has 1 fully saturated rings. The Morgan fingerprint density at radius 3 is 2.39 bits per heavy atom. The number of para-hydroxylation sites is 2. The molecule has 1 aliphatic rings. The SMILES string of the molecule is Cc1cc(C(=O)O)cc(C)c1OCC(C1CCCCC1)n1c(-c2ccc(Cl)cc2)nc2ccccc21. The zero-order valence-corrected chi connectivity index (χ0v) is 21.5. The Morgan fingerprint density at radius 2 is 1.72 bits per heavy atom. The number of hydrogen-bond donors (Lipinski definition) is 1. The van der Waals surface area contributed by atoms with E-state index in [4.69, 9.17) is 21.3 Å². The average Bonchev–Trinajstić information content (AvgIpc) is 3.26. The lowest BCUT2D eigenvalue weighted by atomic mass is 9.83. The van der Waals surface area contributed by atoms with Crippen molar-refractivity contribution in [3.8, 4) is 17.1 Å². The van der Waals surface area contributed by atoms with Gasteiger partial charge in [-0.05, 0) is 92.3 Å². The van der Waals surface area contributed by atoms with Crippen LogP contribution in [0.5, 0.6) is 5.75 Å². The van der Waals surface area contributed by atoms with Gasteiger partial charge in [0.2, 0.25) is 0 Å². The minimum Gasteiger partial charge on any atom is -0.491 e. The highest BCUT2D eigenvalue weighted by Crippen LogP contribution is 2.39. The van der Waals surface area contributed by atoms with Crippen molar-refractivity contribution in [3.63, 3.8) is 0 Å². The van der Waals surface area contributed by atoms with Crippen LogP contribution in [0, 0.1) is 19.8 Å². The number of imidazole rings is 1. The summed E-state index contributed by atoms with van der Waals surface area (Å²) in [4.78, 5) is 16.6. The highest BCUT2D eigenvalue weighted by Gasteiger charge is 2.30. The zero-order valence-electron chi connectivity index (χ0n) is 20.7. The molecule has 0 aliphatic heterocycles. The highest BCUT2D eigenvalue weighted by atomic mass is 35.5. The second-order valence-electron chi connectivity index (χ2n) is 9.82. The van der Waals surface area contributed by atoms with Gasteiger partial charge in [-0.25, -0.2) is 9.78 Å². The van der Waals surface area contributed by atoms with Crippen molar-refractivity contribution < 1.29 is 14.6 Å². The molecule has 1 N–H and O–H groups in total. The molecular formula is C30H31ClN2O3. The first kappa shape index (κ1) is 24.4. The third-order valence-corrected chi connectivity index (χ3v) is 7.58. The second-order valence-corrected chi connectivity index (χ2v) is 10.3. The summed E-state index contributed by atoms with van der Waals surface area (Å²) in [5.41, 5.74) is 5.03. The van der Waals surface area contributed by atoms with Crippen LogP contribution >= 0.6 is 11.6 Å². The monoisotopic (exact) mass is 502 g/mol. The number of aromatic carboxylic acids is 1. The number of carboxylic acid groups (broad SMARTS) is 1. The largest absolute Gasteiger partial charge is 0.491 e. The van der Waals surface area contributed by atoms with Crippen molar-refractivity contribution in [2.24, 2.45) is 5.92 Å². The molecule has 1 saturated carbocycles. The minimum absolute atomic E-state index is 0.0846. The maximum absolute atomic E-state index is 11.5. The van der Waals surface area contributed by atoms with E-state index in [2.05, 4.69) is 22.8 Å². The Kier molecular flexibility index (Phi) is 7.01. The van der Waals surface area contributed by atoms with Gasteiger partial charge >= 0.3 is 5.97 Å². The number of aryl methyl sites for hydroxylation is 2. The Labute approximate surface area is 216 Å². The topological polar surface area (TPSA) is 64.3 Å². The van der Waals surface area contributed by atoms with Crippen LogP contribution < -0.4 is 4.74 Å². The van der Waals surface area contributed by atoms with Gasteiger partial charge in [0.25, 0.3) is 0 Å². The fraction of sp³-hybridized carbons (Fsp3) is 0.333. The lowest BCUT2D eigenvalue weighted by Gasteiger charge is -2.33. The summed E-state index contributed by atoms with van der Waals surface area (Å²) < 4.78 is 8.90. The van der Waals surface area contributed by atoms with Crippen molar-refractivity contribution in [1.29, 1.82) is 0 Å². The van der Waals surface area contributed by atoms with Gasteiger partial charge in [0.05, 0.1) is 22.6 Å². The number of benzene rings is 3. The number of fused-ring (bicyclic) bond motifs is 1. The molecule has 5 rings (SSSR count). The molecule has 0 bridgehead atoms. The van der Waals surface area contributed by atoms with E-state index in [0.29, 0.717) is 17.5 Å². The van der Waals surface area contributed by atoms with E-state index < -0.39 is 5.97 Å². The maximum Gasteiger partial charge on any atom is 0.335 e. The van der Waals surface area contributed by atoms with Crippen molar-refractivity contribution in [1.82, 2.24) is 9.55 Å². The van der Waals surface area contributed by atoms with Crippen LogP contribution in [0.3, 0.4) is 0 Å². The van der Waals surface area contributed by atoms with Gasteiger partial charge in [0.15, 0.2) is 0 Å². The van der Waals surface area contributed by atoms with Gasteiger partial charge < -0.3 is 14.4 Å². The van der Waals surface area contributed by atoms with E-state index in [1.807, 2.05) is 44.2 Å². The summed E-state index contributed by atoms with van der Waals surface area (Å²) >= 11 is 6.20. The van der Waals surface area contributed by atoms with Crippen LogP contribution in [0.4, 0.5) is 0 Å². The van der Waals surface area contributed by atoms with E-state index in [1.165, 1.54) is 19.3 Å². The predicted molar refractivity (Wildman–Crippen MR) is 144 cm³/mol. The van der Waals surface area contributed by atoms with Crippen LogP contribution in [-0.4, -0.2) is 27.2 Å². The summed E-state index contributed by atoms with van der Waals surface area (Å²) in [5.74, 6) is 1.21. The first-order valence-electron chi connectivity index (χ1n) is 12.6. The molecule has 186 valence electrons. The number of aromatic nitrogens is 2. The van der Waals surface area contributed by atoms with Crippen molar-refractivity contribution in [2.45, 2.75) is 52.0 Å². The summed E-state index contributed by atoms with van der Waals surface area (Å²) in [7, 11) is 0. The number of rotatable bonds is 7. The molecule has 1 atom stereocenters.